The van der Waals surface area contributed by atoms with E-state index >= 15 is 0 Å². The van der Waals surface area contributed by atoms with E-state index in [0.717, 1.165) is 24.1 Å². The molecule has 1 aromatic carbocycles. The van der Waals surface area contributed by atoms with E-state index in [-0.39, 0.29) is 11.6 Å². The Balaban J connectivity index is 1.68. The van der Waals surface area contributed by atoms with Crippen molar-refractivity contribution in [3.05, 3.63) is 58.4 Å². The van der Waals surface area contributed by atoms with Crippen molar-refractivity contribution >= 4 is 11.5 Å². The molecule has 2 aromatic rings. The summed E-state index contributed by atoms with van der Waals surface area (Å²) in [6.07, 6.45) is 2.14. The largest absolute Gasteiger partial charge is 0.378 e. The molecule has 2 fully saturated rings. The van der Waals surface area contributed by atoms with Gasteiger partial charge in [0.1, 0.15) is 5.82 Å². The van der Waals surface area contributed by atoms with Crippen molar-refractivity contribution in [2.45, 2.75) is 44.4 Å². The highest BCUT2D eigenvalue weighted by Gasteiger charge is 2.33. The number of rotatable bonds is 6. The van der Waals surface area contributed by atoms with Gasteiger partial charge < -0.3 is 24.3 Å². The maximum absolute atomic E-state index is 13.2. The number of morpholine rings is 1. The molecular formula is C23H29F2N3O3. The third-order valence-corrected chi connectivity index (χ3v) is 6.03. The topological polar surface area (TPSA) is 57.8 Å². The lowest BCUT2D eigenvalue weighted by Gasteiger charge is -2.37. The molecule has 0 unspecified atom stereocenters. The van der Waals surface area contributed by atoms with Crippen LogP contribution in [-0.2, 0) is 15.9 Å². The van der Waals surface area contributed by atoms with Crippen LogP contribution in [0.3, 0.4) is 0 Å². The molecule has 8 heteroatoms. The number of aromatic amines is 1. The van der Waals surface area contributed by atoms with Gasteiger partial charge in [-0.1, -0.05) is 30.3 Å². The number of benzene rings is 1. The van der Waals surface area contributed by atoms with Crippen LogP contribution in [0.15, 0.2) is 47.3 Å². The summed E-state index contributed by atoms with van der Waals surface area (Å²) in [4.78, 5) is 19.6. The van der Waals surface area contributed by atoms with Crippen molar-refractivity contribution in [3.63, 3.8) is 0 Å². The average Bonchev–Trinajstić information content (AvgIpc) is 2.96. The number of aromatic nitrogens is 1. The molecule has 0 amide bonds. The van der Waals surface area contributed by atoms with Crippen LogP contribution in [0.2, 0.25) is 0 Å². The Labute approximate surface area is 180 Å². The lowest BCUT2D eigenvalue weighted by molar-refractivity contribution is -0.169. The zero-order valence-corrected chi connectivity index (χ0v) is 17.5. The van der Waals surface area contributed by atoms with E-state index in [9.17, 15) is 13.6 Å². The predicted molar refractivity (Wildman–Crippen MR) is 116 cm³/mol. The van der Waals surface area contributed by atoms with Gasteiger partial charge in [0.2, 0.25) is 0 Å². The zero-order valence-electron chi connectivity index (χ0n) is 17.5. The second-order valence-corrected chi connectivity index (χ2v) is 8.07. The van der Waals surface area contributed by atoms with Crippen LogP contribution in [0.4, 0.5) is 20.3 Å². The molecule has 0 bridgehead atoms. The molecule has 2 aliphatic heterocycles. The Hall–Kier alpha value is -2.45. The van der Waals surface area contributed by atoms with Crippen LogP contribution >= 0.6 is 0 Å². The second kappa shape index (κ2) is 10.2. The van der Waals surface area contributed by atoms with Gasteiger partial charge in [-0.05, 0) is 31.2 Å². The highest BCUT2D eigenvalue weighted by molar-refractivity contribution is 5.56. The molecule has 1 aromatic heterocycles. The monoisotopic (exact) mass is 433 g/mol. The normalized spacial score (nSPS) is 22.5. The van der Waals surface area contributed by atoms with Crippen molar-refractivity contribution < 1.29 is 18.3 Å². The number of nitrogens with zero attached hydrogens (tertiary/aromatic N) is 2. The van der Waals surface area contributed by atoms with Crippen LogP contribution in [0.5, 0.6) is 0 Å². The molecule has 4 rings (SSSR count). The third-order valence-electron chi connectivity index (χ3n) is 6.03. The summed E-state index contributed by atoms with van der Waals surface area (Å²) in [7, 11) is 0. The Morgan fingerprint density at radius 1 is 1.10 bits per heavy atom. The Morgan fingerprint density at radius 2 is 1.87 bits per heavy atom. The van der Waals surface area contributed by atoms with Gasteiger partial charge in [-0.2, -0.15) is 8.78 Å². The number of hydrogen-bond acceptors (Lipinski definition) is 5. The third kappa shape index (κ3) is 5.62. The van der Waals surface area contributed by atoms with E-state index < -0.39 is 12.7 Å². The Kier molecular flexibility index (Phi) is 7.19. The number of pyridine rings is 1. The Morgan fingerprint density at radius 3 is 2.61 bits per heavy atom. The van der Waals surface area contributed by atoms with Crippen LogP contribution < -0.4 is 15.4 Å². The van der Waals surface area contributed by atoms with Gasteiger partial charge in [-0.15, -0.1) is 0 Å². The number of nitrogens with one attached hydrogen (secondary N) is 1. The van der Waals surface area contributed by atoms with Crippen molar-refractivity contribution in [2.24, 2.45) is 0 Å². The molecule has 0 aliphatic carbocycles. The van der Waals surface area contributed by atoms with Gasteiger partial charge in [-0.25, -0.2) is 0 Å². The first kappa shape index (κ1) is 21.8. The van der Waals surface area contributed by atoms with Gasteiger partial charge >= 0.3 is 6.61 Å². The number of ether oxygens (including phenoxy) is 2. The van der Waals surface area contributed by atoms with Crippen molar-refractivity contribution in [1.82, 2.24) is 4.98 Å². The first-order chi connectivity index (χ1) is 15.1. The summed E-state index contributed by atoms with van der Waals surface area (Å²) in [5, 5.41) is 0. The van der Waals surface area contributed by atoms with E-state index in [1.54, 1.807) is 6.07 Å². The van der Waals surface area contributed by atoms with Crippen molar-refractivity contribution in [1.29, 1.82) is 0 Å². The number of alkyl halides is 2. The lowest BCUT2D eigenvalue weighted by atomic mass is 9.98. The predicted octanol–water partition coefficient (Wildman–Crippen LogP) is 3.42. The first-order valence-electron chi connectivity index (χ1n) is 10.9. The minimum atomic E-state index is -2.83. The van der Waals surface area contributed by atoms with Crippen molar-refractivity contribution in [3.8, 4) is 0 Å². The molecular weight excluding hydrogens is 404 g/mol. The first-order valence-corrected chi connectivity index (χ1v) is 10.9. The molecule has 6 nitrogen and oxygen atoms in total. The van der Waals surface area contributed by atoms with E-state index in [2.05, 4.69) is 14.8 Å². The molecule has 2 saturated heterocycles. The van der Waals surface area contributed by atoms with Crippen LogP contribution in [0.25, 0.3) is 0 Å². The lowest BCUT2D eigenvalue weighted by Crippen LogP contribution is -2.47. The van der Waals surface area contributed by atoms with Gasteiger partial charge in [0.05, 0.1) is 25.4 Å². The van der Waals surface area contributed by atoms with Crippen molar-refractivity contribution in [2.75, 3.05) is 42.6 Å². The van der Waals surface area contributed by atoms with Crippen LogP contribution in [0.1, 0.15) is 24.8 Å². The van der Waals surface area contributed by atoms with Gasteiger partial charge in [0.25, 0.3) is 5.56 Å². The summed E-state index contributed by atoms with van der Waals surface area (Å²) in [6, 6.07) is 13.0. The van der Waals surface area contributed by atoms with E-state index in [0.29, 0.717) is 51.5 Å². The number of halogens is 2. The summed E-state index contributed by atoms with van der Waals surface area (Å²) in [6.45, 7) is 0.505. The van der Waals surface area contributed by atoms with Gasteiger partial charge in [-0.3, -0.25) is 4.79 Å². The van der Waals surface area contributed by atoms with E-state index in [1.807, 2.05) is 36.4 Å². The summed E-state index contributed by atoms with van der Waals surface area (Å²) < 4.78 is 37.0. The van der Waals surface area contributed by atoms with E-state index in [1.165, 1.54) is 0 Å². The molecule has 168 valence electrons. The number of H-pyrrole nitrogens is 1. The molecule has 0 radical (unpaired) electrons. The van der Waals surface area contributed by atoms with Crippen LogP contribution in [0, 0.1) is 0 Å². The molecule has 2 aliphatic rings. The standard InChI is InChI=1S/C23H29F2N3O3/c24-23(25)31-20-8-4-5-9-28(19(20)14-17-6-2-1-3-7-17)21-15-18(16-22(29)26-21)27-10-12-30-13-11-27/h1-3,6-7,15-16,19-20,23H,4-5,8-14H2,(H,26,29)/t19-,20-/m0/s1. The quantitative estimate of drug-likeness (QED) is 0.757. The fourth-order valence-electron chi connectivity index (χ4n) is 4.55. The summed E-state index contributed by atoms with van der Waals surface area (Å²) in [5.41, 5.74) is 1.68. The highest BCUT2D eigenvalue weighted by atomic mass is 19.3. The van der Waals surface area contributed by atoms with Gasteiger partial charge in [0, 0.05) is 37.5 Å². The smallest absolute Gasteiger partial charge is 0.345 e. The maximum Gasteiger partial charge on any atom is 0.345 e. The SMILES string of the molecule is O=c1cc(N2CCOCC2)cc(N2CCCC[C@H](OC(F)F)[C@@H]2Cc2ccccc2)[nH]1. The Bertz CT molecular complexity index is 887. The number of anilines is 2. The van der Waals surface area contributed by atoms with Crippen LogP contribution in [-0.4, -0.2) is 56.6 Å². The average molecular weight is 433 g/mol. The van der Waals surface area contributed by atoms with E-state index in [4.69, 9.17) is 9.47 Å². The minimum absolute atomic E-state index is 0.201. The maximum atomic E-state index is 13.2. The fourth-order valence-corrected chi connectivity index (χ4v) is 4.55. The summed E-state index contributed by atoms with van der Waals surface area (Å²) in [5.74, 6) is 0.652. The molecule has 2 atom stereocenters. The highest BCUT2D eigenvalue weighted by Crippen LogP contribution is 2.30. The summed E-state index contributed by atoms with van der Waals surface area (Å²) >= 11 is 0. The second-order valence-electron chi connectivity index (χ2n) is 8.07. The molecule has 3 heterocycles. The molecule has 0 spiro atoms. The molecule has 0 saturated carbocycles. The molecule has 1 N–H and O–H groups in total. The molecule has 31 heavy (non-hydrogen) atoms. The number of hydrogen-bond donors (Lipinski definition) is 1. The van der Waals surface area contributed by atoms with Gasteiger partial charge in [0.15, 0.2) is 0 Å². The zero-order chi connectivity index (χ0) is 21.6. The fraction of sp³-hybridized carbons (Fsp3) is 0.522. The minimum Gasteiger partial charge on any atom is -0.378 e.